The maximum Gasteiger partial charge on any atom is 0.261 e. The average molecular weight is 292 g/mol. The third-order valence-electron chi connectivity index (χ3n) is 2.76. The van der Waals surface area contributed by atoms with Crippen molar-refractivity contribution < 1.29 is 13.9 Å². The fourth-order valence-electron chi connectivity index (χ4n) is 1.64. The van der Waals surface area contributed by atoms with Gasteiger partial charge >= 0.3 is 0 Å². The van der Waals surface area contributed by atoms with Crippen LogP contribution in [0.3, 0.4) is 0 Å². The highest BCUT2D eigenvalue weighted by Crippen LogP contribution is 2.21. The van der Waals surface area contributed by atoms with Crippen LogP contribution in [0.2, 0.25) is 0 Å². The number of hydrogen-bond donors (Lipinski definition) is 2. The lowest BCUT2D eigenvalue weighted by molar-refractivity contribution is -0.127. The van der Waals surface area contributed by atoms with Crippen molar-refractivity contribution in [3.63, 3.8) is 0 Å². The second kappa shape index (κ2) is 8.28. The Morgan fingerprint density at radius 1 is 1.43 bits per heavy atom. The predicted molar refractivity (Wildman–Crippen MR) is 80.3 cm³/mol. The van der Waals surface area contributed by atoms with Gasteiger partial charge in [-0.05, 0) is 25.1 Å². The molecule has 0 aliphatic carbocycles. The zero-order valence-corrected chi connectivity index (χ0v) is 12.6. The second-order valence-electron chi connectivity index (χ2n) is 4.97. The first-order valence-electron chi connectivity index (χ1n) is 6.83. The minimum Gasteiger partial charge on any atom is -0.481 e. The molecule has 1 aromatic rings. The summed E-state index contributed by atoms with van der Waals surface area (Å²) < 4.78 is 19.0. The van der Waals surface area contributed by atoms with Gasteiger partial charge in [0.2, 0.25) is 0 Å². The van der Waals surface area contributed by atoms with Crippen LogP contribution in [-0.2, 0) is 11.3 Å². The number of carbonyl (C=O) groups is 1. The van der Waals surface area contributed by atoms with Crippen molar-refractivity contribution in [3.8, 4) is 18.1 Å². The van der Waals surface area contributed by atoms with E-state index in [1.807, 2.05) is 13.8 Å². The monoisotopic (exact) mass is 292 g/mol. The minimum absolute atomic E-state index is 0.151. The zero-order chi connectivity index (χ0) is 15.8. The van der Waals surface area contributed by atoms with Crippen LogP contribution in [-0.4, -0.2) is 24.6 Å². The Morgan fingerprint density at radius 3 is 2.76 bits per heavy atom. The summed E-state index contributed by atoms with van der Waals surface area (Å²) in [7, 11) is 0. The van der Waals surface area contributed by atoms with Crippen molar-refractivity contribution in [2.24, 2.45) is 0 Å². The van der Waals surface area contributed by atoms with Crippen molar-refractivity contribution in [2.75, 3.05) is 6.54 Å². The molecule has 0 spiro atoms. The normalized spacial score (nSPS) is 11.8. The van der Waals surface area contributed by atoms with Crippen LogP contribution in [0.25, 0.3) is 0 Å². The quantitative estimate of drug-likeness (QED) is 0.754. The van der Waals surface area contributed by atoms with Gasteiger partial charge in [-0.15, -0.1) is 6.42 Å². The fourth-order valence-corrected chi connectivity index (χ4v) is 1.64. The molecule has 1 rings (SSSR count). The van der Waals surface area contributed by atoms with Gasteiger partial charge in [-0.1, -0.05) is 19.8 Å². The third kappa shape index (κ3) is 5.84. The Kier molecular flexibility index (Phi) is 6.70. The smallest absolute Gasteiger partial charge is 0.261 e. The van der Waals surface area contributed by atoms with Gasteiger partial charge in [-0.25, -0.2) is 4.39 Å². The van der Waals surface area contributed by atoms with E-state index in [1.165, 1.54) is 18.2 Å². The van der Waals surface area contributed by atoms with E-state index >= 15 is 0 Å². The average Bonchev–Trinajstić information content (AvgIpc) is 2.44. The number of nitrogens with one attached hydrogen (secondary N) is 2. The van der Waals surface area contributed by atoms with Crippen molar-refractivity contribution >= 4 is 5.91 Å². The highest BCUT2D eigenvalue weighted by molar-refractivity contribution is 5.80. The summed E-state index contributed by atoms with van der Waals surface area (Å²) in [6.07, 6.45) is 4.38. The second-order valence-corrected chi connectivity index (χ2v) is 4.97. The molecule has 4 nitrogen and oxygen atoms in total. The number of hydrogen-bond acceptors (Lipinski definition) is 3. The van der Waals surface area contributed by atoms with Crippen LogP contribution in [0.5, 0.6) is 5.75 Å². The summed E-state index contributed by atoms with van der Waals surface area (Å²) in [5.74, 6) is 2.16. The van der Waals surface area contributed by atoms with Gasteiger partial charge in [0.25, 0.3) is 5.91 Å². The molecule has 0 aliphatic heterocycles. The van der Waals surface area contributed by atoms with Crippen molar-refractivity contribution in [1.29, 1.82) is 0 Å². The molecule has 0 aliphatic rings. The van der Waals surface area contributed by atoms with Gasteiger partial charge in [0.1, 0.15) is 11.6 Å². The summed E-state index contributed by atoms with van der Waals surface area (Å²) in [6, 6.07) is 4.49. The van der Waals surface area contributed by atoms with Gasteiger partial charge in [0.15, 0.2) is 6.10 Å². The number of benzene rings is 1. The number of ether oxygens (including phenoxy) is 1. The van der Waals surface area contributed by atoms with Crippen molar-refractivity contribution in [2.45, 2.75) is 39.5 Å². The van der Waals surface area contributed by atoms with Gasteiger partial charge in [-0.2, -0.15) is 0 Å². The summed E-state index contributed by atoms with van der Waals surface area (Å²) in [5.41, 5.74) is 0.667. The lowest BCUT2D eigenvalue weighted by atomic mass is 10.2. The molecular weight excluding hydrogens is 271 g/mol. The van der Waals surface area contributed by atoms with Gasteiger partial charge < -0.3 is 15.4 Å². The van der Waals surface area contributed by atoms with E-state index in [9.17, 15) is 9.18 Å². The SMILES string of the molecule is C#CCNC(=O)C(C)Oc1ccc(F)cc1CNC(C)C. The Labute approximate surface area is 125 Å². The fraction of sp³-hybridized carbons (Fsp3) is 0.438. The van der Waals surface area contributed by atoms with Gasteiger partial charge in [-0.3, -0.25) is 4.79 Å². The van der Waals surface area contributed by atoms with Crippen molar-refractivity contribution in [3.05, 3.63) is 29.6 Å². The molecule has 1 atom stereocenters. The Morgan fingerprint density at radius 2 is 2.14 bits per heavy atom. The van der Waals surface area contributed by atoms with E-state index in [0.29, 0.717) is 17.9 Å². The minimum atomic E-state index is -0.707. The summed E-state index contributed by atoms with van der Waals surface area (Å²) in [6.45, 7) is 6.22. The third-order valence-corrected chi connectivity index (χ3v) is 2.76. The van der Waals surface area contributed by atoms with E-state index in [2.05, 4.69) is 16.6 Å². The van der Waals surface area contributed by atoms with Gasteiger partial charge in [0, 0.05) is 18.2 Å². The Hall–Kier alpha value is -2.06. The first-order valence-corrected chi connectivity index (χ1v) is 6.83. The summed E-state index contributed by atoms with van der Waals surface area (Å²) in [4.78, 5) is 11.7. The Balaban J connectivity index is 2.77. The Bertz CT molecular complexity index is 523. The van der Waals surface area contributed by atoms with Crippen LogP contribution in [0.15, 0.2) is 18.2 Å². The molecule has 5 heteroatoms. The first-order chi connectivity index (χ1) is 9.93. The highest BCUT2D eigenvalue weighted by Gasteiger charge is 2.16. The molecule has 0 heterocycles. The zero-order valence-electron chi connectivity index (χ0n) is 12.6. The first kappa shape index (κ1) is 17.0. The molecule has 0 saturated carbocycles. The number of amides is 1. The summed E-state index contributed by atoms with van der Waals surface area (Å²) in [5, 5.41) is 5.74. The van der Waals surface area contributed by atoms with Crippen LogP contribution >= 0.6 is 0 Å². The topological polar surface area (TPSA) is 50.4 Å². The van der Waals surface area contributed by atoms with E-state index in [1.54, 1.807) is 6.92 Å². The van der Waals surface area contributed by atoms with Crippen LogP contribution in [0, 0.1) is 18.2 Å². The molecule has 2 N–H and O–H groups in total. The number of terminal acetylenes is 1. The molecule has 1 unspecified atom stereocenters. The van der Waals surface area contributed by atoms with Crippen molar-refractivity contribution in [1.82, 2.24) is 10.6 Å². The summed E-state index contributed by atoms with van der Waals surface area (Å²) >= 11 is 0. The molecule has 21 heavy (non-hydrogen) atoms. The lowest BCUT2D eigenvalue weighted by Gasteiger charge is -2.18. The van der Waals surface area contributed by atoms with Crippen LogP contribution < -0.4 is 15.4 Å². The maximum atomic E-state index is 13.3. The highest BCUT2D eigenvalue weighted by atomic mass is 19.1. The van der Waals surface area contributed by atoms with E-state index in [4.69, 9.17) is 11.2 Å². The van der Waals surface area contributed by atoms with Crippen LogP contribution in [0.1, 0.15) is 26.3 Å². The van der Waals surface area contributed by atoms with E-state index in [0.717, 1.165) is 0 Å². The molecule has 0 saturated heterocycles. The lowest BCUT2D eigenvalue weighted by Crippen LogP contribution is -2.36. The predicted octanol–water partition coefficient (Wildman–Crippen LogP) is 1.84. The molecule has 0 radical (unpaired) electrons. The standard InChI is InChI=1S/C16H21FN2O2/c1-5-8-18-16(20)12(4)21-15-7-6-14(17)9-13(15)10-19-11(2)3/h1,6-7,9,11-12,19H,8,10H2,2-4H3,(H,18,20). The molecule has 0 bridgehead atoms. The maximum absolute atomic E-state index is 13.3. The number of rotatable bonds is 7. The molecule has 1 aromatic carbocycles. The molecule has 1 amide bonds. The molecule has 114 valence electrons. The molecule has 0 aromatic heterocycles. The largest absolute Gasteiger partial charge is 0.481 e. The van der Waals surface area contributed by atoms with E-state index < -0.39 is 6.10 Å². The van der Waals surface area contributed by atoms with E-state index in [-0.39, 0.29) is 24.3 Å². The van der Waals surface area contributed by atoms with Gasteiger partial charge in [0.05, 0.1) is 6.54 Å². The van der Waals surface area contributed by atoms with Crippen LogP contribution in [0.4, 0.5) is 4.39 Å². The number of carbonyl (C=O) groups excluding carboxylic acids is 1. The molecule has 0 fully saturated rings. The molecular formula is C16H21FN2O2. The number of halogens is 1.